The van der Waals surface area contributed by atoms with Gasteiger partial charge in [0, 0.05) is 11.8 Å². The van der Waals surface area contributed by atoms with Crippen LogP contribution in [0.25, 0.3) is 0 Å². The molecule has 0 aromatic carbocycles. The molecule has 2 heteroatoms. The molecule has 15 heavy (non-hydrogen) atoms. The van der Waals surface area contributed by atoms with Crippen molar-refractivity contribution in [3.8, 4) is 0 Å². The van der Waals surface area contributed by atoms with Crippen LogP contribution in [0.1, 0.15) is 45.4 Å². The Labute approximate surface area is 99.1 Å². The molecule has 1 aliphatic rings. The van der Waals surface area contributed by atoms with E-state index in [0.717, 1.165) is 0 Å². The predicted octanol–water partition coefficient (Wildman–Crippen LogP) is 3.61. The second-order valence-electron chi connectivity index (χ2n) is 4.29. The van der Waals surface area contributed by atoms with Crippen molar-refractivity contribution in [2.75, 3.05) is 18.6 Å². The second kappa shape index (κ2) is 8.23. The van der Waals surface area contributed by atoms with Crippen LogP contribution < -0.4 is 5.32 Å². The van der Waals surface area contributed by atoms with Crippen molar-refractivity contribution in [1.29, 1.82) is 0 Å². The number of likely N-dealkylation sites (N-methyl/N-ethyl adjacent to an activating group) is 1. The summed E-state index contributed by atoms with van der Waals surface area (Å²) in [4.78, 5) is 0. The first-order chi connectivity index (χ1) is 7.38. The molecule has 88 valence electrons. The van der Waals surface area contributed by atoms with Gasteiger partial charge in [0.25, 0.3) is 0 Å². The van der Waals surface area contributed by atoms with Gasteiger partial charge in [-0.25, -0.2) is 0 Å². The zero-order valence-corrected chi connectivity index (χ0v) is 11.0. The van der Waals surface area contributed by atoms with E-state index in [2.05, 4.69) is 37.1 Å². The molecule has 0 radical (unpaired) electrons. The molecule has 0 saturated carbocycles. The van der Waals surface area contributed by atoms with E-state index in [0.29, 0.717) is 6.04 Å². The van der Waals surface area contributed by atoms with E-state index in [1.165, 1.54) is 50.0 Å². The molecule has 1 rings (SSSR count). The molecule has 0 amide bonds. The van der Waals surface area contributed by atoms with Gasteiger partial charge in [0.1, 0.15) is 0 Å². The largest absolute Gasteiger partial charge is 0.313 e. The molecule has 0 aromatic heterocycles. The van der Waals surface area contributed by atoms with Gasteiger partial charge in [-0.3, -0.25) is 0 Å². The van der Waals surface area contributed by atoms with Crippen LogP contribution in [0.4, 0.5) is 0 Å². The van der Waals surface area contributed by atoms with Gasteiger partial charge >= 0.3 is 0 Å². The molecule has 1 aliphatic carbocycles. The fraction of sp³-hybridized carbons (Fsp3) is 0.846. The summed E-state index contributed by atoms with van der Waals surface area (Å²) < 4.78 is 0. The van der Waals surface area contributed by atoms with Crippen LogP contribution in [-0.4, -0.2) is 24.6 Å². The molecule has 0 bridgehead atoms. The van der Waals surface area contributed by atoms with E-state index in [1.54, 1.807) is 5.57 Å². The van der Waals surface area contributed by atoms with Crippen LogP contribution in [0.3, 0.4) is 0 Å². The van der Waals surface area contributed by atoms with Gasteiger partial charge in [-0.05, 0) is 44.9 Å². The summed E-state index contributed by atoms with van der Waals surface area (Å²) >= 11 is 2.08. The van der Waals surface area contributed by atoms with Crippen molar-refractivity contribution in [3.05, 3.63) is 11.6 Å². The lowest BCUT2D eigenvalue weighted by atomic mass is 10.0. The minimum Gasteiger partial charge on any atom is -0.313 e. The third kappa shape index (κ3) is 5.07. The third-order valence-electron chi connectivity index (χ3n) is 3.01. The zero-order chi connectivity index (χ0) is 10.9. The number of thioether (sulfide) groups is 1. The van der Waals surface area contributed by atoms with Crippen molar-refractivity contribution in [3.63, 3.8) is 0 Å². The lowest BCUT2D eigenvalue weighted by Gasteiger charge is -2.19. The lowest BCUT2D eigenvalue weighted by molar-refractivity contribution is 0.645. The first kappa shape index (κ1) is 13.1. The summed E-state index contributed by atoms with van der Waals surface area (Å²) in [6, 6.07) is 0.625. The minimum atomic E-state index is 0.625. The van der Waals surface area contributed by atoms with E-state index >= 15 is 0 Å². The standard InChI is InChI=1S/C13H25NS/c1-3-10-15-11-13(14-2)12-8-6-4-5-7-9-12/h8,13-14H,3-7,9-11H2,1-2H3. The summed E-state index contributed by atoms with van der Waals surface area (Å²) in [6.07, 6.45) is 10.6. The first-order valence-electron chi connectivity index (χ1n) is 6.32. The fourth-order valence-corrected chi connectivity index (χ4v) is 3.15. The predicted molar refractivity (Wildman–Crippen MR) is 71.6 cm³/mol. The Morgan fingerprint density at radius 1 is 1.40 bits per heavy atom. The summed E-state index contributed by atoms with van der Waals surface area (Å²) in [5.74, 6) is 2.54. The molecule has 0 heterocycles. The summed E-state index contributed by atoms with van der Waals surface area (Å²) in [7, 11) is 2.10. The highest BCUT2D eigenvalue weighted by molar-refractivity contribution is 7.99. The molecule has 0 spiro atoms. The van der Waals surface area contributed by atoms with E-state index in [-0.39, 0.29) is 0 Å². The smallest absolute Gasteiger partial charge is 0.0368 e. The quantitative estimate of drug-likeness (QED) is 0.549. The zero-order valence-electron chi connectivity index (χ0n) is 10.2. The molecular weight excluding hydrogens is 202 g/mol. The summed E-state index contributed by atoms with van der Waals surface area (Å²) in [5, 5.41) is 3.47. The minimum absolute atomic E-state index is 0.625. The van der Waals surface area contributed by atoms with Gasteiger partial charge < -0.3 is 5.32 Å². The molecule has 0 saturated heterocycles. The van der Waals surface area contributed by atoms with E-state index in [4.69, 9.17) is 0 Å². The molecule has 0 fully saturated rings. The number of hydrogen-bond acceptors (Lipinski definition) is 2. The SMILES string of the molecule is CCCSCC(NC)C1=CCCCCC1. The van der Waals surface area contributed by atoms with Crippen molar-refractivity contribution >= 4 is 11.8 Å². The highest BCUT2D eigenvalue weighted by Gasteiger charge is 2.13. The van der Waals surface area contributed by atoms with Gasteiger partial charge in [0.15, 0.2) is 0 Å². The van der Waals surface area contributed by atoms with Gasteiger partial charge in [0.05, 0.1) is 0 Å². The van der Waals surface area contributed by atoms with E-state index < -0.39 is 0 Å². The number of nitrogens with one attached hydrogen (secondary N) is 1. The maximum atomic E-state index is 3.47. The maximum absolute atomic E-state index is 3.47. The van der Waals surface area contributed by atoms with Crippen LogP contribution in [0.5, 0.6) is 0 Å². The Morgan fingerprint density at radius 3 is 3.00 bits per heavy atom. The molecule has 1 unspecified atom stereocenters. The average Bonchev–Trinajstić information content (AvgIpc) is 2.53. The molecule has 0 aromatic rings. The highest BCUT2D eigenvalue weighted by atomic mass is 32.2. The van der Waals surface area contributed by atoms with Crippen molar-refractivity contribution in [2.24, 2.45) is 0 Å². The molecule has 1 nitrogen and oxygen atoms in total. The van der Waals surface area contributed by atoms with E-state index in [9.17, 15) is 0 Å². The van der Waals surface area contributed by atoms with Crippen LogP contribution in [0.2, 0.25) is 0 Å². The normalized spacial score (nSPS) is 19.5. The van der Waals surface area contributed by atoms with Crippen molar-refractivity contribution < 1.29 is 0 Å². The fourth-order valence-electron chi connectivity index (χ4n) is 2.08. The lowest BCUT2D eigenvalue weighted by Crippen LogP contribution is -2.30. The average molecular weight is 227 g/mol. The Balaban J connectivity index is 2.37. The molecule has 1 atom stereocenters. The summed E-state index contributed by atoms with van der Waals surface area (Å²) in [5.41, 5.74) is 1.67. The van der Waals surface area contributed by atoms with Gasteiger partial charge in [-0.15, -0.1) is 0 Å². The molecule has 1 N–H and O–H groups in total. The van der Waals surface area contributed by atoms with Gasteiger partial charge in [-0.1, -0.05) is 25.0 Å². The number of allylic oxidation sites excluding steroid dienone is 1. The number of hydrogen-bond donors (Lipinski definition) is 1. The van der Waals surface area contributed by atoms with Crippen molar-refractivity contribution in [2.45, 2.75) is 51.5 Å². The Morgan fingerprint density at radius 2 is 2.27 bits per heavy atom. The Kier molecular flexibility index (Phi) is 7.20. The van der Waals surface area contributed by atoms with Crippen LogP contribution >= 0.6 is 11.8 Å². The van der Waals surface area contributed by atoms with Crippen LogP contribution in [0.15, 0.2) is 11.6 Å². The molecular formula is C13H25NS. The van der Waals surface area contributed by atoms with Crippen LogP contribution in [0, 0.1) is 0 Å². The Hall–Kier alpha value is 0.0500. The summed E-state index contributed by atoms with van der Waals surface area (Å²) in [6.45, 7) is 2.26. The second-order valence-corrected chi connectivity index (χ2v) is 5.44. The van der Waals surface area contributed by atoms with Gasteiger partial charge in [0.2, 0.25) is 0 Å². The van der Waals surface area contributed by atoms with Crippen LogP contribution in [-0.2, 0) is 0 Å². The third-order valence-corrected chi connectivity index (χ3v) is 4.27. The topological polar surface area (TPSA) is 12.0 Å². The Bertz CT molecular complexity index is 189. The van der Waals surface area contributed by atoms with Crippen molar-refractivity contribution in [1.82, 2.24) is 5.32 Å². The van der Waals surface area contributed by atoms with Gasteiger partial charge in [-0.2, -0.15) is 11.8 Å². The monoisotopic (exact) mass is 227 g/mol. The maximum Gasteiger partial charge on any atom is 0.0368 e. The first-order valence-corrected chi connectivity index (χ1v) is 7.48. The molecule has 0 aliphatic heterocycles. The highest BCUT2D eigenvalue weighted by Crippen LogP contribution is 2.21. The van der Waals surface area contributed by atoms with E-state index in [1.807, 2.05) is 0 Å². The number of rotatable bonds is 6.